The molecule has 0 aliphatic carbocycles. The normalized spacial score (nSPS) is 10.9. The lowest BCUT2D eigenvalue weighted by Crippen LogP contribution is -2.46. The van der Waals surface area contributed by atoms with E-state index in [-0.39, 0.29) is 6.09 Å². The van der Waals surface area contributed by atoms with Gasteiger partial charge in [0.15, 0.2) is 0 Å². The molecule has 2 aromatic heterocycles. The summed E-state index contributed by atoms with van der Waals surface area (Å²) in [4.78, 5) is 17.1. The van der Waals surface area contributed by atoms with Crippen molar-refractivity contribution in [1.29, 1.82) is 0 Å². The highest BCUT2D eigenvalue weighted by Gasteiger charge is 2.39. The van der Waals surface area contributed by atoms with Crippen molar-refractivity contribution in [2.75, 3.05) is 33.0 Å². The molecule has 0 bridgehead atoms. The number of nitrogens with one attached hydrogen (secondary N) is 1. The van der Waals surface area contributed by atoms with E-state index in [1.165, 1.54) is 35.4 Å². The average Bonchev–Trinajstić information content (AvgIpc) is 4.08. The monoisotopic (exact) mass is 1020 g/mol. The van der Waals surface area contributed by atoms with Gasteiger partial charge in [-0.2, -0.15) is 0 Å². The highest BCUT2D eigenvalue weighted by Crippen LogP contribution is 2.34. The standard InChI is InChI=1S/C64H67NO5S2Si/c1-5-9-10-19-27-54-37-39-56(71-54)35-29-52-33-43-60-59(42-32-51-25-17-14-18-26-51)63-49-53(34-44-61(63)58(62(60)48-52)41-31-50-23-15-13-16-24-50)30-36-57-40-38-55(72-57)28-20-11-12-21-46-67-64(66)65-45-22-47-73(68-6-2,69-7-3)70-8-4/h13-18,23-26,33-34,37-40,43-44,48-49H,5-12,19-22,27-28,45-47H2,1-4H3,(H,65,66). The Bertz CT molecular complexity index is 3130. The van der Waals surface area contributed by atoms with Gasteiger partial charge in [-0.15, -0.1) is 22.7 Å². The molecule has 7 rings (SSSR count). The van der Waals surface area contributed by atoms with Crippen LogP contribution < -0.4 is 5.32 Å². The van der Waals surface area contributed by atoms with Crippen LogP contribution >= 0.6 is 22.7 Å². The van der Waals surface area contributed by atoms with E-state index in [9.17, 15) is 4.79 Å². The van der Waals surface area contributed by atoms with E-state index in [1.54, 1.807) is 22.7 Å². The molecule has 0 saturated carbocycles. The molecule has 1 amide bonds. The van der Waals surface area contributed by atoms with Crippen molar-refractivity contribution >= 4 is 59.1 Å². The molecule has 5 aromatic carbocycles. The molecule has 1 N–H and O–H groups in total. The largest absolute Gasteiger partial charge is 0.500 e. The number of hydrogen-bond acceptors (Lipinski definition) is 7. The van der Waals surface area contributed by atoms with Gasteiger partial charge in [-0.1, -0.05) is 135 Å². The molecule has 73 heavy (non-hydrogen) atoms. The number of aryl methyl sites for hydroxylation is 2. The van der Waals surface area contributed by atoms with E-state index >= 15 is 0 Å². The number of benzene rings is 5. The molecule has 7 aromatic rings. The number of alkyl carbamates (subject to hydrolysis) is 1. The van der Waals surface area contributed by atoms with E-state index in [0.717, 1.165) is 103 Å². The molecule has 2 heterocycles. The van der Waals surface area contributed by atoms with E-state index in [0.29, 0.717) is 45.4 Å². The van der Waals surface area contributed by atoms with Gasteiger partial charge in [0.05, 0.1) is 16.4 Å². The molecule has 0 unspecified atom stereocenters. The van der Waals surface area contributed by atoms with E-state index in [4.69, 9.17) is 18.0 Å². The zero-order valence-corrected chi connectivity index (χ0v) is 45.6. The maximum atomic E-state index is 12.3. The number of thiophene rings is 2. The molecule has 374 valence electrons. The Kier molecular flexibility index (Phi) is 21.9. The molecule has 6 nitrogen and oxygen atoms in total. The maximum absolute atomic E-state index is 12.3. The first-order chi connectivity index (χ1) is 35.9. The second-order valence-electron chi connectivity index (χ2n) is 17.7. The van der Waals surface area contributed by atoms with Gasteiger partial charge < -0.3 is 23.3 Å². The van der Waals surface area contributed by atoms with Crippen LogP contribution in [-0.2, 0) is 30.9 Å². The Morgan fingerprint density at radius 2 is 0.959 bits per heavy atom. The minimum Gasteiger partial charge on any atom is -0.450 e. The summed E-state index contributed by atoms with van der Waals surface area (Å²) in [5.41, 5.74) is 5.65. The summed E-state index contributed by atoms with van der Waals surface area (Å²) in [7, 11) is -2.71. The molecule has 0 saturated heterocycles. The summed E-state index contributed by atoms with van der Waals surface area (Å²) in [6.07, 6.45) is 11.4. The number of unbranched alkanes of at least 4 members (excludes halogenated alkanes) is 6. The third-order valence-electron chi connectivity index (χ3n) is 12.2. The van der Waals surface area contributed by atoms with Gasteiger partial charge in [0.1, 0.15) is 0 Å². The zero-order valence-electron chi connectivity index (χ0n) is 42.9. The molecular weight excluding hydrogens is 955 g/mol. The van der Waals surface area contributed by atoms with Crippen LogP contribution in [-0.4, -0.2) is 47.9 Å². The van der Waals surface area contributed by atoms with Crippen molar-refractivity contribution < 1.29 is 22.8 Å². The first-order valence-corrected chi connectivity index (χ1v) is 29.7. The quantitative estimate of drug-likeness (QED) is 0.0317. The fourth-order valence-corrected chi connectivity index (χ4v) is 13.0. The Balaban J connectivity index is 1.03. The minimum atomic E-state index is -2.71. The average molecular weight is 1020 g/mol. The number of fused-ring (bicyclic) bond motifs is 2. The topological polar surface area (TPSA) is 66.0 Å². The van der Waals surface area contributed by atoms with Crippen LogP contribution in [0.5, 0.6) is 0 Å². The van der Waals surface area contributed by atoms with Crippen molar-refractivity contribution in [3.8, 4) is 47.4 Å². The minimum absolute atomic E-state index is 0.387. The van der Waals surface area contributed by atoms with Gasteiger partial charge >= 0.3 is 14.9 Å². The van der Waals surface area contributed by atoms with Crippen molar-refractivity contribution in [2.45, 2.75) is 104 Å². The highest BCUT2D eigenvalue weighted by molar-refractivity contribution is 7.12. The van der Waals surface area contributed by atoms with Gasteiger partial charge in [-0.3, -0.25) is 0 Å². The number of hydrogen-bond donors (Lipinski definition) is 1. The van der Waals surface area contributed by atoms with E-state index in [2.05, 4.69) is 120 Å². The number of carbonyl (C=O) groups excluding carboxylic acids is 1. The molecule has 0 atom stereocenters. The summed E-state index contributed by atoms with van der Waals surface area (Å²) in [5, 5.41) is 6.96. The van der Waals surface area contributed by atoms with Crippen molar-refractivity contribution in [1.82, 2.24) is 5.32 Å². The Labute approximate surface area is 443 Å². The van der Waals surface area contributed by atoms with Gasteiger partial charge in [-0.25, -0.2) is 4.79 Å². The van der Waals surface area contributed by atoms with Gasteiger partial charge in [0.2, 0.25) is 0 Å². The molecule has 0 aliphatic rings. The number of carbonyl (C=O) groups is 1. The van der Waals surface area contributed by atoms with Crippen LogP contribution in [0.4, 0.5) is 4.79 Å². The lowest BCUT2D eigenvalue weighted by atomic mass is 9.90. The predicted molar refractivity (Wildman–Crippen MR) is 306 cm³/mol. The number of amides is 1. The van der Waals surface area contributed by atoms with Gasteiger partial charge in [-0.05, 0) is 143 Å². The van der Waals surface area contributed by atoms with Gasteiger partial charge in [0.25, 0.3) is 0 Å². The maximum Gasteiger partial charge on any atom is 0.500 e. The van der Waals surface area contributed by atoms with Gasteiger partial charge in [0, 0.05) is 86.3 Å². The smallest absolute Gasteiger partial charge is 0.450 e. The highest BCUT2D eigenvalue weighted by atomic mass is 32.1. The van der Waals surface area contributed by atoms with E-state index < -0.39 is 8.80 Å². The summed E-state index contributed by atoms with van der Waals surface area (Å²) in [6, 6.07) is 42.6. The molecule has 9 heteroatoms. The molecular formula is C64H67NO5S2Si. The fraction of sp³-hybridized carbons (Fsp3) is 0.328. The second kappa shape index (κ2) is 29.4. The van der Waals surface area contributed by atoms with Crippen LogP contribution in [0.2, 0.25) is 6.04 Å². The first-order valence-electron chi connectivity index (χ1n) is 26.1. The lowest BCUT2D eigenvalue weighted by Gasteiger charge is -2.28. The second-order valence-corrected chi connectivity index (χ2v) is 22.7. The lowest BCUT2D eigenvalue weighted by molar-refractivity contribution is 0.0706. The van der Waals surface area contributed by atoms with Crippen LogP contribution in [0.15, 0.2) is 121 Å². The first kappa shape index (κ1) is 54.4. The van der Waals surface area contributed by atoms with Crippen molar-refractivity contribution in [3.63, 3.8) is 0 Å². The van der Waals surface area contributed by atoms with E-state index in [1.807, 2.05) is 81.4 Å². The Hall–Kier alpha value is -6.37. The van der Waals surface area contributed by atoms with Crippen molar-refractivity contribution in [3.05, 3.63) is 174 Å². The number of ether oxygens (including phenoxy) is 1. The fourth-order valence-electron chi connectivity index (χ4n) is 8.59. The number of rotatable bonds is 22. The molecule has 0 fully saturated rings. The summed E-state index contributed by atoms with van der Waals surface area (Å²) in [5.74, 6) is 28.1. The third kappa shape index (κ3) is 16.8. The summed E-state index contributed by atoms with van der Waals surface area (Å²) < 4.78 is 23.2. The van der Waals surface area contributed by atoms with Crippen LogP contribution in [0.25, 0.3) is 21.5 Å². The molecule has 0 spiro atoms. The predicted octanol–water partition coefficient (Wildman–Crippen LogP) is 15.1. The Morgan fingerprint density at radius 1 is 0.479 bits per heavy atom. The van der Waals surface area contributed by atoms with Crippen LogP contribution in [0.3, 0.4) is 0 Å². The van der Waals surface area contributed by atoms with Crippen molar-refractivity contribution in [2.24, 2.45) is 0 Å². The van der Waals surface area contributed by atoms with Crippen LogP contribution in [0, 0.1) is 47.4 Å². The zero-order chi connectivity index (χ0) is 50.9. The molecule has 0 radical (unpaired) electrons. The van der Waals surface area contributed by atoms with Crippen LogP contribution in [0.1, 0.15) is 138 Å². The summed E-state index contributed by atoms with van der Waals surface area (Å²) in [6.45, 7) is 10.6. The summed E-state index contributed by atoms with van der Waals surface area (Å²) >= 11 is 3.55. The third-order valence-corrected chi connectivity index (χ3v) is 17.4. The Morgan fingerprint density at radius 3 is 1.45 bits per heavy atom. The SMILES string of the molecule is CCCCCCc1ccc(C#Cc2ccc3c(C#Cc4ccccc4)c4cc(C#Cc5ccc(CCCCCCOC(=O)NCCC[Si](OCC)(OCC)OCC)s5)ccc4c(C#Cc4ccccc4)c3c2)s1. The molecule has 0 aliphatic heterocycles.